The minimum atomic E-state index is -4.07. The van der Waals surface area contributed by atoms with E-state index in [9.17, 15) is 4.57 Å². The summed E-state index contributed by atoms with van der Waals surface area (Å²) in [6, 6.07) is 4.89. The predicted octanol–water partition coefficient (Wildman–Crippen LogP) is 1.11. The molecule has 0 spiro atoms. The number of hydrogen-bond donors (Lipinski definition) is 2. The van der Waals surface area contributed by atoms with Crippen LogP contribution in [0.4, 0.5) is 0 Å². The second kappa shape index (κ2) is 3.02. The third-order valence-corrected chi connectivity index (χ3v) is 2.47. The third-order valence-electron chi connectivity index (χ3n) is 1.54. The highest BCUT2D eigenvalue weighted by atomic mass is 31.2. The fourth-order valence-corrected chi connectivity index (χ4v) is 1.86. The molecule has 3 nitrogen and oxygen atoms in total. The van der Waals surface area contributed by atoms with Crippen molar-refractivity contribution in [3.8, 4) is 0 Å². The molecule has 0 radical (unpaired) electrons. The first-order valence-corrected chi connectivity index (χ1v) is 5.15. The molecule has 0 bridgehead atoms. The second-order valence-electron chi connectivity index (χ2n) is 2.89. The van der Waals surface area contributed by atoms with E-state index >= 15 is 0 Å². The fraction of sp³-hybridized carbons (Fsp3) is 0.250. The van der Waals surface area contributed by atoms with E-state index in [1.165, 1.54) is 12.1 Å². The normalized spacial score (nSPS) is 11.7. The van der Waals surface area contributed by atoms with Crippen LogP contribution in [-0.4, -0.2) is 9.79 Å². The van der Waals surface area contributed by atoms with Crippen LogP contribution >= 0.6 is 7.60 Å². The van der Waals surface area contributed by atoms with Gasteiger partial charge < -0.3 is 9.79 Å². The van der Waals surface area contributed by atoms with E-state index in [2.05, 4.69) is 0 Å². The Kier molecular flexibility index (Phi) is 2.38. The molecular weight excluding hydrogens is 175 g/mol. The quantitative estimate of drug-likeness (QED) is 0.646. The van der Waals surface area contributed by atoms with Gasteiger partial charge in [0.2, 0.25) is 0 Å². The van der Waals surface area contributed by atoms with E-state index in [1.807, 2.05) is 19.9 Å². The van der Waals surface area contributed by atoms with Crippen molar-refractivity contribution in [2.24, 2.45) is 0 Å². The molecule has 4 heteroatoms. The molecule has 0 aromatic heterocycles. The van der Waals surface area contributed by atoms with Gasteiger partial charge in [0.1, 0.15) is 0 Å². The summed E-state index contributed by atoms with van der Waals surface area (Å²) < 4.78 is 10.8. The van der Waals surface area contributed by atoms with Crippen LogP contribution in [0.1, 0.15) is 11.1 Å². The van der Waals surface area contributed by atoms with E-state index in [0.717, 1.165) is 11.1 Å². The van der Waals surface area contributed by atoms with Gasteiger partial charge in [-0.15, -0.1) is 0 Å². The molecule has 12 heavy (non-hydrogen) atoms. The second-order valence-corrected chi connectivity index (χ2v) is 4.49. The van der Waals surface area contributed by atoms with Gasteiger partial charge in [0, 0.05) is 0 Å². The molecule has 0 atom stereocenters. The minimum Gasteiger partial charge on any atom is -0.321 e. The predicted molar refractivity (Wildman–Crippen MR) is 47.6 cm³/mol. The summed E-state index contributed by atoms with van der Waals surface area (Å²) in [6.45, 7) is 3.62. The Bertz CT molecular complexity index is 320. The smallest absolute Gasteiger partial charge is 0.321 e. The summed E-state index contributed by atoms with van der Waals surface area (Å²) in [5.74, 6) is 0. The summed E-state index contributed by atoms with van der Waals surface area (Å²) in [4.78, 5) is 17.7. The highest BCUT2D eigenvalue weighted by Crippen LogP contribution is 2.33. The Balaban J connectivity index is 3.27. The Morgan fingerprint density at radius 1 is 1.08 bits per heavy atom. The van der Waals surface area contributed by atoms with Gasteiger partial charge in [-0.1, -0.05) is 6.07 Å². The Hall–Kier alpha value is -0.630. The van der Waals surface area contributed by atoms with Crippen LogP contribution in [0, 0.1) is 13.8 Å². The van der Waals surface area contributed by atoms with Crippen LogP contribution in [0.25, 0.3) is 0 Å². The average Bonchev–Trinajstić information content (AvgIpc) is 1.82. The molecule has 0 saturated carbocycles. The van der Waals surface area contributed by atoms with Crippen molar-refractivity contribution < 1.29 is 14.4 Å². The fourth-order valence-electron chi connectivity index (χ4n) is 1.12. The molecule has 0 heterocycles. The largest absolute Gasteiger partial charge is 0.356 e. The van der Waals surface area contributed by atoms with E-state index in [-0.39, 0.29) is 5.30 Å². The lowest BCUT2D eigenvalue weighted by Crippen LogP contribution is -2.04. The lowest BCUT2D eigenvalue weighted by Gasteiger charge is -2.05. The third kappa shape index (κ3) is 2.18. The molecule has 0 unspecified atom stereocenters. The van der Waals surface area contributed by atoms with Gasteiger partial charge in [-0.05, 0) is 37.1 Å². The van der Waals surface area contributed by atoms with E-state index < -0.39 is 7.60 Å². The van der Waals surface area contributed by atoms with Gasteiger partial charge in [-0.25, -0.2) is 0 Å². The zero-order valence-electron chi connectivity index (χ0n) is 6.98. The maximum Gasteiger partial charge on any atom is 0.356 e. The van der Waals surface area contributed by atoms with E-state index in [0.29, 0.717) is 0 Å². The molecule has 0 fully saturated rings. The first-order valence-electron chi connectivity index (χ1n) is 3.54. The standard InChI is InChI=1S/C8H11O3P/c1-6-3-7(2)5-8(4-6)12(9,10)11/h3-5H,1-2H3,(H2,9,10,11). The highest BCUT2D eigenvalue weighted by molar-refractivity contribution is 7.60. The molecule has 2 N–H and O–H groups in total. The summed E-state index contributed by atoms with van der Waals surface area (Å²) >= 11 is 0. The van der Waals surface area contributed by atoms with Crippen LogP contribution < -0.4 is 5.30 Å². The van der Waals surface area contributed by atoms with Crippen LogP contribution in [0.2, 0.25) is 0 Å². The molecule has 0 amide bonds. The van der Waals surface area contributed by atoms with Crippen LogP contribution in [0.5, 0.6) is 0 Å². The SMILES string of the molecule is Cc1cc(C)cc(P(=O)(O)O)c1. The van der Waals surface area contributed by atoms with Gasteiger partial charge in [0.15, 0.2) is 0 Å². The zero-order chi connectivity index (χ0) is 9.35. The first-order chi connectivity index (χ1) is 5.39. The Labute approximate surface area is 71.2 Å². The van der Waals surface area contributed by atoms with Gasteiger partial charge in [-0.2, -0.15) is 0 Å². The van der Waals surface area contributed by atoms with Gasteiger partial charge in [0.05, 0.1) is 5.30 Å². The lowest BCUT2D eigenvalue weighted by molar-refractivity contribution is 0.387. The maximum absolute atomic E-state index is 10.8. The zero-order valence-corrected chi connectivity index (χ0v) is 7.88. The topological polar surface area (TPSA) is 57.5 Å². The van der Waals surface area contributed by atoms with E-state index in [1.54, 1.807) is 0 Å². The van der Waals surface area contributed by atoms with Crippen LogP contribution in [0.15, 0.2) is 18.2 Å². The molecule has 1 aromatic carbocycles. The van der Waals surface area contributed by atoms with Crippen molar-refractivity contribution in [2.75, 3.05) is 0 Å². The van der Waals surface area contributed by atoms with Crippen molar-refractivity contribution in [3.63, 3.8) is 0 Å². The van der Waals surface area contributed by atoms with Crippen molar-refractivity contribution in [2.45, 2.75) is 13.8 Å². The molecule has 0 aliphatic heterocycles. The number of benzene rings is 1. The van der Waals surface area contributed by atoms with Crippen molar-refractivity contribution >= 4 is 12.9 Å². The monoisotopic (exact) mass is 186 g/mol. The van der Waals surface area contributed by atoms with Gasteiger partial charge in [-0.3, -0.25) is 4.57 Å². The van der Waals surface area contributed by atoms with Crippen molar-refractivity contribution in [1.82, 2.24) is 0 Å². The summed E-state index contributed by atoms with van der Waals surface area (Å²) in [5, 5.41) is 0.0972. The molecule has 1 rings (SSSR count). The van der Waals surface area contributed by atoms with Gasteiger partial charge >= 0.3 is 7.60 Å². The van der Waals surface area contributed by atoms with E-state index in [4.69, 9.17) is 9.79 Å². The van der Waals surface area contributed by atoms with Crippen LogP contribution in [-0.2, 0) is 4.57 Å². The first kappa shape index (κ1) is 9.46. The summed E-state index contributed by atoms with van der Waals surface area (Å²) in [7, 11) is -4.07. The van der Waals surface area contributed by atoms with Gasteiger partial charge in [0.25, 0.3) is 0 Å². The highest BCUT2D eigenvalue weighted by Gasteiger charge is 2.16. The summed E-state index contributed by atoms with van der Waals surface area (Å²) in [5.41, 5.74) is 1.74. The Morgan fingerprint density at radius 2 is 1.50 bits per heavy atom. The molecule has 0 aliphatic carbocycles. The molecule has 0 saturated heterocycles. The molecule has 1 aromatic rings. The minimum absolute atomic E-state index is 0.0972. The van der Waals surface area contributed by atoms with Crippen LogP contribution in [0.3, 0.4) is 0 Å². The number of hydrogen-bond acceptors (Lipinski definition) is 1. The molecule has 0 aliphatic rings. The number of rotatable bonds is 1. The average molecular weight is 186 g/mol. The van der Waals surface area contributed by atoms with Crippen molar-refractivity contribution in [1.29, 1.82) is 0 Å². The lowest BCUT2D eigenvalue weighted by atomic mass is 10.2. The Morgan fingerprint density at radius 3 is 1.83 bits per heavy atom. The summed E-state index contributed by atoms with van der Waals surface area (Å²) in [6.07, 6.45) is 0. The molecule has 66 valence electrons. The molecular formula is C8H11O3P. The maximum atomic E-state index is 10.8. The van der Waals surface area contributed by atoms with Crippen molar-refractivity contribution in [3.05, 3.63) is 29.3 Å². The number of aryl methyl sites for hydroxylation is 2.